The largest absolute Gasteiger partial charge is 0.481 e. The van der Waals surface area contributed by atoms with Gasteiger partial charge in [-0.1, -0.05) is 46.8 Å². The standard InChI is InChI=1S/C17H19ClN6O2S2/c1-4-24-15(10(2)26-13-8-6-5-7-12(13)18)21-23-17(24)27-9-14(25)19-16-22-20-11(3)28-16/h5-8,10H,4,9H2,1-3H3,(H,19,22,25). The number of halogens is 1. The summed E-state index contributed by atoms with van der Waals surface area (Å²) in [4.78, 5) is 12.1. The van der Waals surface area contributed by atoms with Gasteiger partial charge in [0.1, 0.15) is 10.8 Å². The molecule has 1 atom stereocenters. The number of carbonyl (C=O) groups excluding carboxylic acids is 1. The van der Waals surface area contributed by atoms with E-state index in [1.165, 1.54) is 23.1 Å². The maximum atomic E-state index is 12.1. The number of amides is 1. The molecule has 1 aromatic carbocycles. The highest BCUT2D eigenvalue weighted by Gasteiger charge is 2.20. The minimum Gasteiger partial charge on any atom is -0.481 e. The predicted molar refractivity (Wildman–Crippen MR) is 110 cm³/mol. The van der Waals surface area contributed by atoms with Crippen LogP contribution >= 0.6 is 34.7 Å². The topological polar surface area (TPSA) is 94.8 Å². The van der Waals surface area contributed by atoms with Gasteiger partial charge in [0, 0.05) is 6.54 Å². The van der Waals surface area contributed by atoms with Crippen molar-refractivity contribution >= 4 is 45.7 Å². The molecule has 8 nitrogen and oxygen atoms in total. The van der Waals surface area contributed by atoms with Crippen molar-refractivity contribution in [3.63, 3.8) is 0 Å². The Kier molecular flexibility index (Phi) is 6.87. The lowest BCUT2D eigenvalue weighted by Gasteiger charge is -2.16. The number of benzene rings is 1. The lowest BCUT2D eigenvalue weighted by Crippen LogP contribution is -2.15. The lowest BCUT2D eigenvalue weighted by molar-refractivity contribution is -0.113. The Morgan fingerprint density at radius 3 is 2.79 bits per heavy atom. The van der Waals surface area contributed by atoms with Gasteiger partial charge in [0.05, 0.1) is 10.8 Å². The highest BCUT2D eigenvalue weighted by Crippen LogP contribution is 2.29. The molecule has 3 aromatic rings. The van der Waals surface area contributed by atoms with Gasteiger partial charge in [-0.05, 0) is 32.9 Å². The van der Waals surface area contributed by atoms with Gasteiger partial charge in [0.15, 0.2) is 17.1 Å². The average molecular weight is 439 g/mol. The Morgan fingerprint density at radius 2 is 2.11 bits per heavy atom. The van der Waals surface area contributed by atoms with Crippen molar-refractivity contribution in [2.45, 2.75) is 38.6 Å². The molecule has 0 bridgehead atoms. The van der Waals surface area contributed by atoms with E-state index in [0.29, 0.717) is 33.4 Å². The van der Waals surface area contributed by atoms with Crippen molar-refractivity contribution in [2.24, 2.45) is 0 Å². The van der Waals surface area contributed by atoms with E-state index in [1.54, 1.807) is 12.1 Å². The second-order valence-corrected chi connectivity index (χ2v) is 8.27. The van der Waals surface area contributed by atoms with Crippen molar-refractivity contribution in [3.8, 4) is 5.75 Å². The second-order valence-electron chi connectivity index (χ2n) is 5.74. The van der Waals surface area contributed by atoms with Crippen molar-refractivity contribution in [2.75, 3.05) is 11.1 Å². The zero-order valence-corrected chi connectivity index (χ0v) is 17.9. The Bertz CT molecular complexity index is 961. The molecule has 1 amide bonds. The maximum Gasteiger partial charge on any atom is 0.236 e. The molecule has 0 aliphatic heterocycles. The summed E-state index contributed by atoms with van der Waals surface area (Å²) in [7, 11) is 0. The minimum atomic E-state index is -0.347. The van der Waals surface area contributed by atoms with E-state index < -0.39 is 0 Å². The third kappa shape index (κ3) is 5.00. The molecular formula is C17H19ClN6O2S2. The fourth-order valence-corrected chi connectivity index (χ4v) is 4.02. The summed E-state index contributed by atoms with van der Waals surface area (Å²) in [5, 5.41) is 21.4. The first-order valence-corrected chi connectivity index (χ1v) is 10.7. The van der Waals surface area contributed by atoms with E-state index in [-0.39, 0.29) is 17.8 Å². The molecule has 0 spiro atoms. The molecule has 0 saturated carbocycles. The summed E-state index contributed by atoms with van der Waals surface area (Å²) in [6, 6.07) is 7.28. The van der Waals surface area contributed by atoms with Crippen LogP contribution in [0.15, 0.2) is 29.4 Å². The van der Waals surface area contributed by atoms with Crippen LogP contribution in [0.3, 0.4) is 0 Å². The number of anilines is 1. The number of nitrogens with one attached hydrogen (secondary N) is 1. The van der Waals surface area contributed by atoms with Gasteiger partial charge in [-0.2, -0.15) is 0 Å². The number of hydrogen-bond donors (Lipinski definition) is 1. The molecule has 28 heavy (non-hydrogen) atoms. The molecule has 1 N–H and O–H groups in total. The number of para-hydroxylation sites is 1. The molecule has 1 unspecified atom stereocenters. The number of hydrogen-bond acceptors (Lipinski definition) is 8. The number of aromatic nitrogens is 5. The zero-order valence-electron chi connectivity index (χ0n) is 15.5. The lowest BCUT2D eigenvalue weighted by atomic mass is 10.3. The molecular weight excluding hydrogens is 420 g/mol. The molecule has 0 radical (unpaired) electrons. The molecule has 2 heterocycles. The third-order valence-corrected chi connectivity index (χ3v) is 5.70. The fourth-order valence-electron chi connectivity index (χ4n) is 2.42. The first kappa shape index (κ1) is 20.6. The van der Waals surface area contributed by atoms with Crippen molar-refractivity contribution < 1.29 is 9.53 Å². The first-order valence-electron chi connectivity index (χ1n) is 8.55. The molecule has 0 aliphatic carbocycles. The van der Waals surface area contributed by atoms with Gasteiger partial charge >= 0.3 is 0 Å². The summed E-state index contributed by atoms with van der Waals surface area (Å²) in [5.74, 6) is 1.28. The molecule has 0 fully saturated rings. The Morgan fingerprint density at radius 1 is 1.32 bits per heavy atom. The second kappa shape index (κ2) is 9.35. The number of aryl methyl sites for hydroxylation is 1. The van der Waals surface area contributed by atoms with Crippen LogP contribution in [0.5, 0.6) is 5.75 Å². The summed E-state index contributed by atoms with van der Waals surface area (Å²) < 4.78 is 7.86. The van der Waals surface area contributed by atoms with Crippen molar-refractivity contribution in [1.82, 2.24) is 25.0 Å². The number of ether oxygens (including phenoxy) is 1. The third-order valence-electron chi connectivity index (χ3n) is 3.67. The van der Waals surface area contributed by atoms with Crippen LogP contribution in [0.2, 0.25) is 5.02 Å². The van der Waals surface area contributed by atoms with Gasteiger partial charge in [-0.3, -0.25) is 10.1 Å². The normalized spacial score (nSPS) is 12.0. The van der Waals surface area contributed by atoms with Gasteiger partial charge in [-0.25, -0.2) is 0 Å². The number of carbonyl (C=O) groups is 1. The quantitative estimate of drug-likeness (QED) is 0.531. The van der Waals surface area contributed by atoms with E-state index in [9.17, 15) is 4.79 Å². The summed E-state index contributed by atoms with van der Waals surface area (Å²) in [6.07, 6.45) is -0.347. The smallest absolute Gasteiger partial charge is 0.236 e. The van der Waals surface area contributed by atoms with Crippen LogP contribution in [0.1, 0.15) is 30.8 Å². The van der Waals surface area contributed by atoms with E-state index in [2.05, 4.69) is 25.7 Å². The van der Waals surface area contributed by atoms with Gasteiger partial charge < -0.3 is 9.30 Å². The van der Waals surface area contributed by atoms with Crippen LogP contribution in [0.4, 0.5) is 5.13 Å². The first-order chi connectivity index (χ1) is 13.5. The Labute approximate surface area is 175 Å². The minimum absolute atomic E-state index is 0.172. The highest BCUT2D eigenvalue weighted by atomic mass is 35.5. The Balaban J connectivity index is 1.64. The summed E-state index contributed by atoms with van der Waals surface area (Å²) in [5.41, 5.74) is 0. The van der Waals surface area contributed by atoms with E-state index in [1.807, 2.05) is 37.5 Å². The number of rotatable bonds is 8. The van der Waals surface area contributed by atoms with Gasteiger partial charge in [-0.15, -0.1) is 20.4 Å². The van der Waals surface area contributed by atoms with Gasteiger partial charge in [0.25, 0.3) is 0 Å². The molecule has 0 aliphatic rings. The van der Waals surface area contributed by atoms with E-state index in [0.717, 1.165) is 5.01 Å². The van der Waals surface area contributed by atoms with Crippen molar-refractivity contribution in [1.29, 1.82) is 0 Å². The van der Waals surface area contributed by atoms with Crippen LogP contribution in [-0.2, 0) is 11.3 Å². The van der Waals surface area contributed by atoms with Crippen LogP contribution in [0, 0.1) is 6.92 Å². The van der Waals surface area contributed by atoms with Crippen LogP contribution < -0.4 is 10.1 Å². The van der Waals surface area contributed by atoms with Crippen molar-refractivity contribution in [3.05, 3.63) is 40.1 Å². The molecule has 3 rings (SSSR count). The molecule has 2 aromatic heterocycles. The Hall–Kier alpha value is -2.17. The van der Waals surface area contributed by atoms with Crippen LogP contribution in [0.25, 0.3) is 0 Å². The summed E-state index contributed by atoms with van der Waals surface area (Å²) >= 11 is 8.80. The fraction of sp³-hybridized carbons (Fsp3) is 0.353. The zero-order chi connectivity index (χ0) is 20.1. The van der Waals surface area contributed by atoms with E-state index >= 15 is 0 Å². The number of nitrogens with zero attached hydrogens (tertiary/aromatic N) is 5. The van der Waals surface area contributed by atoms with E-state index in [4.69, 9.17) is 16.3 Å². The average Bonchev–Trinajstić information content (AvgIpc) is 3.27. The molecule has 0 saturated heterocycles. The predicted octanol–water partition coefficient (Wildman–Crippen LogP) is 3.98. The SMILES string of the molecule is CCn1c(SCC(=O)Nc2nnc(C)s2)nnc1C(C)Oc1ccccc1Cl. The monoisotopic (exact) mass is 438 g/mol. The molecule has 148 valence electrons. The highest BCUT2D eigenvalue weighted by molar-refractivity contribution is 7.99. The van der Waals surface area contributed by atoms with Gasteiger partial charge in [0.2, 0.25) is 11.0 Å². The molecule has 11 heteroatoms. The number of thioether (sulfide) groups is 1. The summed E-state index contributed by atoms with van der Waals surface area (Å²) in [6.45, 7) is 6.36. The van der Waals surface area contributed by atoms with Crippen LogP contribution in [-0.4, -0.2) is 36.6 Å². The maximum absolute atomic E-state index is 12.1.